The summed E-state index contributed by atoms with van der Waals surface area (Å²) >= 11 is 0. The maximum atomic E-state index is 11.7. The first-order chi connectivity index (χ1) is 11.7. The number of hydrogen-bond acceptors (Lipinski definition) is 5. The molecule has 5 nitrogen and oxygen atoms in total. The van der Waals surface area contributed by atoms with Crippen LogP contribution in [0.2, 0.25) is 0 Å². The Kier molecular flexibility index (Phi) is 5.33. The molecular formula is C19H23NO4. The molecule has 1 N–H and O–H groups in total. The van der Waals surface area contributed by atoms with Gasteiger partial charge in [0, 0.05) is 12.1 Å². The number of ether oxygens (including phenoxy) is 1. The smallest absolute Gasteiger partial charge is 0.374 e. The van der Waals surface area contributed by atoms with Crippen LogP contribution in [0.5, 0.6) is 0 Å². The van der Waals surface area contributed by atoms with Gasteiger partial charge in [0.25, 0.3) is 0 Å². The highest BCUT2D eigenvalue weighted by Gasteiger charge is 2.27. The number of rotatable bonds is 5. The second-order valence-electron chi connectivity index (χ2n) is 6.24. The lowest BCUT2D eigenvalue weighted by Crippen LogP contribution is -2.35. The molecule has 0 bridgehead atoms. The first-order valence-corrected chi connectivity index (χ1v) is 8.29. The standard InChI is InChI=1S/C19H23NO4/c1-23-19(22)18-16(9-12-24-18)13-20-10-7-15(8-11-20)17(21)14-5-3-2-4-6-14/h2-6,9,12,15,17,21H,7-8,10-11,13H2,1H3. The predicted molar refractivity (Wildman–Crippen MR) is 89.5 cm³/mol. The van der Waals surface area contributed by atoms with Crippen LogP contribution >= 0.6 is 0 Å². The molecule has 2 aromatic rings. The number of methoxy groups -OCH3 is 1. The molecule has 1 aliphatic heterocycles. The third-order valence-electron chi connectivity index (χ3n) is 4.73. The van der Waals surface area contributed by atoms with Crippen LogP contribution in [-0.4, -0.2) is 36.2 Å². The number of aliphatic hydroxyl groups excluding tert-OH is 1. The van der Waals surface area contributed by atoms with Crippen molar-refractivity contribution in [1.82, 2.24) is 4.90 Å². The third kappa shape index (κ3) is 3.68. The van der Waals surface area contributed by atoms with Crippen LogP contribution in [-0.2, 0) is 11.3 Å². The maximum absolute atomic E-state index is 11.7. The molecule has 0 aliphatic carbocycles. The lowest BCUT2D eigenvalue weighted by Gasteiger charge is -2.34. The van der Waals surface area contributed by atoms with E-state index in [1.54, 1.807) is 0 Å². The number of carbonyl (C=O) groups is 1. The summed E-state index contributed by atoms with van der Waals surface area (Å²) < 4.78 is 9.97. The van der Waals surface area contributed by atoms with Crippen molar-refractivity contribution in [3.8, 4) is 0 Å². The summed E-state index contributed by atoms with van der Waals surface area (Å²) in [5, 5.41) is 10.5. The maximum Gasteiger partial charge on any atom is 0.374 e. The average molecular weight is 329 g/mol. The van der Waals surface area contributed by atoms with Crippen molar-refractivity contribution in [3.63, 3.8) is 0 Å². The first-order valence-electron chi connectivity index (χ1n) is 8.29. The first kappa shape index (κ1) is 16.7. The van der Waals surface area contributed by atoms with Crippen LogP contribution in [0.25, 0.3) is 0 Å². The van der Waals surface area contributed by atoms with Crippen molar-refractivity contribution < 1.29 is 19.1 Å². The molecule has 3 rings (SSSR count). The Labute approximate surface area is 141 Å². The van der Waals surface area contributed by atoms with E-state index in [0.29, 0.717) is 6.54 Å². The Hall–Kier alpha value is -2.11. The van der Waals surface area contributed by atoms with Gasteiger partial charge in [-0.2, -0.15) is 0 Å². The van der Waals surface area contributed by atoms with Crippen LogP contribution in [0.3, 0.4) is 0 Å². The molecule has 24 heavy (non-hydrogen) atoms. The van der Waals surface area contributed by atoms with E-state index in [1.165, 1.54) is 13.4 Å². The Morgan fingerprint density at radius 2 is 2.00 bits per heavy atom. The quantitative estimate of drug-likeness (QED) is 0.854. The van der Waals surface area contributed by atoms with Crippen molar-refractivity contribution in [1.29, 1.82) is 0 Å². The van der Waals surface area contributed by atoms with E-state index in [1.807, 2.05) is 36.4 Å². The predicted octanol–water partition coefficient (Wildman–Crippen LogP) is 3.01. The number of piperidine rings is 1. The van der Waals surface area contributed by atoms with Gasteiger partial charge >= 0.3 is 5.97 Å². The van der Waals surface area contributed by atoms with Crippen LogP contribution in [0, 0.1) is 5.92 Å². The van der Waals surface area contributed by atoms with E-state index in [9.17, 15) is 9.90 Å². The Morgan fingerprint density at radius 3 is 2.67 bits per heavy atom. The highest BCUT2D eigenvalue weighted by atomic mass is 16.5. The van der Waals surface area contributed by atoms with E-state index >= 15 is 0 Å². The number of hydrogen-bond donors (Lipinski definition) is 1. The van der Waals surface area contributed by atoms with Gasteiger partial charge in [-0.15, -0.1) is 0 Å². The zero-order valence-electron chi connectivity index (χ0n) is 13.9. The normalized spacial score (nSPS) is 17.6. The molecule has 1 fully saturated rings. The minimum atomic E-state index is -0.440. The number of furan rings is 1. The van der Waals surface area contributed by atoms with Crippen LogP contribution < -0.4 is 0 Å². The monoisotopic (exact) mass is 329 g/mol. The van der Waals surface area contributed by atoms with Crippen molar-refractivity contribution in [2.45, 2.75) is 25.5 Å². The summed E-state index contributed by atoms with van der Waals surface area (Å²) in [4.78, 5) is 14.0. The van der Waals surface area contributed by atoms with Crippen molar-refractivity contribution >= 4 is 5.97 Å². The molecule has 1 aromatic carbocycles. The van der Waals surface area contributed by atoms with Gasteiger partial charge in [0.15, 0.2) is 0 Å². The fourth-order valence-electron chi connectivity index (χ4n) is 3.32. The van der Waals surface area contributed by atoms with Gasteiger partial charge in [-0.3, -0.25) is 4.90 Å². The van der Waals surface area contributed by atoms with Gasteiger partial charge in [-0.1, -0.05) is 30.3 Å². The number of aliphatic hydroxyl groups is 1. The topological polar surface area (TPSA) is 62.9 Å². The Bertz CT molecular complexity index is 659. The van der Waals surface area contributed by atoms with Crippen LogP contribution in [0.4, 0.5) is 0 Å². The van der Waals surface area contributed by atoms with Crippen LogP contribution in [0.15, 0.2) is 47.1 Å². The van der Waals surface area contributed by atoms with Crippen molar-refractivity contribution in [2.24, 2.45) is 5.92 Å². The number of likely N-dealkylation sites (tertiary alicyclic amines) is 1. The van der Waals surface area contributed by atoms with Crippen molar-refractivity contribution in [2.75, 3.05) is 20.2 Å². The molecule has 1 saturated heterocycles. The number of esters is 1. The Balaban J connectivity index is 1.56. The fourth-order valence-corrected chi connectivity index (χ4v) is 3.32. The molecule has 2 heterocycles. The van der Waals surface area contributed by atoms with E-state index < -0.39 is 12.1 Å². The molecule has 0 spiro atoms. The summed E-state index contributed by atoms with van der Waals surface area (Å²) in [6, 6.07) is 11.7. The largest absolute Gasteiger partial charge is 0.463 e. The second kappa shape index (κ2) is 7.64. The number of carbonyl (C=O) groups excluding carboxylic acids is 1. The molecule has 0 saturated carbocycles. The molecule has 1 unspecified atom stereocenters. The molecular weight excluding hydrogens is 306 g/mol. The number of benzene rings is 1. The fraction of sp³-hybridized carbons (Fsp3) is 0.421. The summed E-state index contributed by atoms with van der Waals surface area (Å²) in [6.07, 6.45) is 2.98. The highest BCUT2D eigenvalue weighted by molar-refractivity contribution is 5.87. The van der Waals surface area contributed by atoms with Gasteiger partial charge < -0.3 is 14.3 Å². The second-order valence-corrected chi connectivity index (χ2v) is 6.24. The molecule has 5 heteroatoms. The van der Waals surface area contributed by atoms with E-state index in [4.69, 9.17) is 9.15 Å². The van der Waals surface area contributed by atoms with Gasteiger partial charge in [0.1, 0.15) is 0 Å². The lowest BCUT2D eigenvalue weighted by atomic mass is 9.87. The van der Waals surface area contributed by atoms with Gasteiger partial charge in [-0.05, 0) is 43.5 Å². The highest BCUT2D eigenvalue weighted by Crippen LogP contribution is 2.31. The Morgan fingerprint density at radius 1 is 1.29 bits per heavy atom. The SMILES string of the molecule is COC(=O)c1occc1CN1CCC(C(O)c2ccccc2)CC1. The van der Waals surface area contributed by atoms with E-state index in [2.05, 4.69) is 4.90 Å². The van der Waals surface area contributed by atoms with Gasteiger partial charge in [-0.25, -0.2) is 4.79 Å². The minimum absolute atomic E-state index is 0.271. The van der Waals surface area contributed by atoms with Gasteiger partial charge in [0.05, 0.1) is 19.5 Å². The lowest BCUT2D eigenvalue weighted by molar-refractivity contribution is 0.0537. The average Bonchev–Trinajstić information content (AvgIpc) is 3.10. The number of nitrogens with zero attached hydrogens (tertiary/aromatic N) is 1. The van der Waals surface area contributed by atoms with E-state index in [-0.39, 0.29) is 11.7 Å². The summed E-state index contributed by atoms with van der Waals surface area (Å²) in [5.41, 5.74) is 1.84. The minimum Gasteiger partial charge on any atom is -0.463 e. The van der Waals surface area contributed by atoms with Gasteiger partial charge in [0.2, 0.25) is 5.76 Å². The molecule has 0 amide bonds. The van der Waals surface area contributed by atoms with E-state index in [0.717, 1.165) is 37.1 Å². The zero-order chi connectivity index (χ0) is 16.9. The summed E-state index contributed by atoms with van der Waals surface area (Å²) in [6.45, 7) is 2.44. The molecule has 1 aromatic heterocycles. The molecule has 1 aliphatic rings. The third-order valence-corrected chi connectivity index (χ3v) is 4.73. The molecule has 1 atom stereocenters. The van der Waals surface area contributed by atoms with Crippen molar-refractivity contribution in [3.05, 3.63) is 59.5 Å². The molecule has 0 radical (unpaired) electrons. The summed E-state index contributed by atoms with van der Waals surface area (Å²) in [7, 11) is 1.35. The summed E-state index contributed by atoms with van der Waals surface area (Å²) in [5.74, 6) is 0.112. The molecule has 128 valence electrons. The van der Waals surface area contributed by atoms with Crippen LogP contribution in [0.1, 0.15) is 40.6 Å². The zero-order valence-corrected chi connectivity index (χ0v) is 13.9.